The van der Waals surface area contributed by atoms with Gasteiger partial charge in [0.2, 0.25) is 0 Å². The molecule has 0 saturated heterocycles. The van der Waals surface area contributed by atoms with Crippen LogP contribution < -0.4 is 0 Å². The van der Waals surface area contributed by atoms with Crippen molar-refractivity contribution in [1.82, 2.24) is 4.90 Å². The first-order valence-electron chi connectivity index (χ1n) is 5.88. The Kier molecular flexibility index (Phi) is 6.08. The molecule has 0 unspecified atom stereocenters. The van der Waals surface area contributed by atoms with E-state index < -0.39 is 0 Å². The van der Waals surface area contributed by atoms with Crippen LogP contribution in [0.3, 0.4) is 0 Å². The highest BCUT2D eigenvalue weighted by Crippen LogP contribution is 2.05. The van der Waals surface area contributed by atoms with Crippen LogP contribution in [0.5, 0.6) is 0 Å². The van der Waals surface area contributed by atoms with Crippen molar-refractivity contribution in [3.05, 3.63) is 47.8 Å². The molecule has 0 aromatic heterocycles. The highest BCUT2D eigenvalue weighted by molar-refractivity contribution is 5.81. The first-order chi connectivity index (χ1) is 8.61. The maximum Gasteiger partial charge on any atom is 0.330 e. The summed E-state index contributed by atoms with van der Waals surface area (Å²) in [5, 5.41) is 0. The van der Waals surface area contributed by atoms with Gasteiger partial charge in [0, 0.05) is 19.2 Å². The van der Waals surface area contributed by atoms with Crippen molar-refractivity contribution in [3.63, 3.8) is 0 Å². The number of hydrogen-bond acceptors (Lipinski definition) is 3. The SMILES string of the molecule is CCOC(=O)/C=C/CN(C)Cc1ccc(F)cc1. The van der Waals surface area contributed by atoms with E-state index in [4.69, 9.17) is 4.74 Å². The Morgan fingerprint density at radius 3 is 2.67 bits per heavy atom. The van der Waals surface area contributed by atoms with Crippen LogP contribution in [0, 0.1) is 5.82 Å². The average molecular weight is 251 g/mol. The van der Waals surface area contributed by atoms with Crippen LogP contribution >= 0.6 is 0 Å². The zero-order chi connectivity index (χ0) is 13.4. The number of ether oxygens (including phenoxy) is 1. The second-order valence-electron chi connectivity index (χ2n) is 3.98. The maximum absolute atomic E-state index is 12.7. The molecule has 0 N–H and O–H groups in total. The molecule has 0 saturated carbocycles. The smallest absolute Gasteiger partial charge is 0.330 e. The minimum Gasteiger partial charge on any atom is -0.463 e. The summed E-state index contributed by atoms with van der Waals surface area (Å²) < 4.78 is 17.5. The largest absolute Gasteiger partial charge is 0.463 e. The Morgan fingerprint density at radius 1 is 1.39 bits per heavy atom. The van der Waals surface area contributed by atoms with E-state index in [1.165, 1.54) is 18.2 Å². The Bertz CT molecular complexity index is 401. The van der Waals surface area contributed by atoms with Gasteiger partial charge in [-0.15, -0.1) is 0 Å². The van der Waals surface area contributed by atoms with Gasteiger partial charge in [0.05, 0.1) is 6.61 Å². The van der Waals surface area contributed by atoms with Gasteiger partial charge in [-0.2, -0.15) is 0 Å². The van der Waals surface area contributed by atoms with E-state index in [0.29, 0.717) is 19.7 Å². The van der Waals surface area contributed by atoms with E-state index in [2.05, 4.69) is 0 Å². The zero-order valence-electron chi connectivity index (χ0n) is 10.7. The predicted octanol–water partition coefficient (Wildman–Crippen LogP) is 2.38. The third-order valence-corrected chi connectivity index (χ3v) is 2.32. The Morgan fingerprint density at radius 2 is 2.06 bits per heavy atom. The van der Waals surface area contributed by atoms with Crippen LogP contribution in [0.25, 0.3) is 0 Å². The van der Waals surface area contributed by atoms with Gasteiger partial charge in [-0.1, -0.05) is 18.2 Å². The summed E-state index contributed by atoms with van der Waals surface area (Å²) in [4.78, 5) is 13.1. The Labute approximate surface area is 107 Å². The van der Waals surface area contributed by atoms with Crippen molar-refractivity contribution in [2.45, 2.75) is 13.5 Å². The number of likely N-dealkylation sites (N-methyl/N-ethyl adjacent to an activating group) is 1. The van der Waals surface area contributed by atoms with Crippen LogP contribution in [0.1, 0.15) is 12.5 Å². The molecule has 0 radical (unpaired) electrons. The first-order valence-corrected chi connectivity index (χ1v) is 5.88. The lowest BCUT2D eigenvalue weighted by atomic mass is 10.2. The highest BCUT2D eigenvalue weighted by atomic mass is 19.1. The number of rotatable bonds is 6. The van der Waals surface area contributed by atoms with Crippen molar-refractivity contribution >= 4 is 5.97 Å². The molecule has 18 heavy (non-hydrogen) atoms. The molecular formula is C14H18FNO2. The van der Waals surface area contributed by atoms with Gasteiger partial charge < -0.3 is 4.74 Å². The van der Waals surface area contributed by atoms with Crippen LogP contribution in [-0.4, -0.2) is 31.1 Å². The Hall–Kier alpha value is -1.68. The topological polar surface area (TPSA) is 29.5 Å². The normalized spacial score (nSPS) is 11.1. The van der Waals surface area contributed by atoms with Crippen LogP contribution in [-0.2, 0) is 16.1 Å². The summed E-state index contributed by atoms with van der Waals surface area (Å²) in [6.45, 7) is 3.49. The summed E-state index contributed by atoms with van der Waals surface area (Å²) in [7, 11) is 1.93. The molecule has 0 amide bonds. The number of carbonyl (C=O) groups excluding carboxylic acids is 1. The number of benzene rings is 1. The summed E-state index contributed by atoms with van der Waals surface area (Å²) in [5.74, 6) is -0.559. The third kappa shape index (κ3) is 5.59. The molecule has 0 aliphatic heterocycles. The number of nitrogens with zero attached hydrogens (tertiary/aromatic N) is 1. The quantitative estimate of drug-likeness (QED) is 0.574. The van der Waals surface area contributed by atoms with Crippen molar-refractivity contribution in [2.24, 2.45) is 0 Å². The van der Waals surface area contributed by atoms with E-state index in [0.717, 1.165) is 5.56 Å². The van der Waals surface area contributed by atoms with E-state index in [-0.39, 0.29) is 11.8 Å². The maximum atomic E-state index is 12.7. The molecule has 0 aliphatic carbocycles. The third-order valence-electron chi connectivity index (χ3n) is 2.32. The minimum atomic E-state index is -0.326. The summed E-state index contributed by atoms with van der Waals surface area (Å²) in [6, 6.07) is 6.39. The van der Waals surface area contributed by atoms with E-state index in [1.54, 1.807) is 25.1 Å². The van der Waals surface area contributed by atoms with E-state index >= 15 is 0 Å². The number of halogens is 1. The number of esters is 1. The highest BCUT2D eigenvalue weighted by Gasteiger charge is 1.99. The van der Waals surface area contributed by atoms with Gasteiger partial charge in [-0.05, 0) is 31.7 Å². The van der Waals surface area contributed by atoms with Gasteiger partial charge >= 0.3 is 5.97 Å². The minimum absolute atomic E-state index is 0.233. The van der Waals surface area contributed by atoms with E-state index in [9.17, 15) is 9.18 Å². The van der Waals surface area contributed by atoms with Gasteiger partial charge in [-0.3, -0.25) is 4.90 Å². The van der Waals surface area contributed by atoms with Gasteiger partial charge in [0.15, 0.2) is 0 Å². The standard InChI is InChI=1S/C14H18FNO2/c1-3-18-14(17)5-4-10-16(2)11-12-6-8-13(15)9-7-12/h4-9H,3,10-11H2,1-2H3/b5-4+. The molecule has 4 heteroatoms. The van der Waals surface area contributed by atoms with Gasteiger partial charge in [0.25, 0.3) is 0 Å². The molecule has 3 nitrogen and oxygen atoms in total. The molecular weight excluding hydrogens is 233 g/mol. The van der Waals surface area contributed by atoms with Gasteiger partial charge in [0.1, 0.15) is 5.82 Å². The molecule has 0 fully saturated rings. The van der Waals surface area contributed by atoms with Crippen molar-refractivity contribution in [3.8, 4) is 0 Å². The lowest BCUT2D eigenvalue weighted by molar-refractivity contribution is -0.137. The lowest BCUT2D eigenvalue weighted by Crippen LogP contribution is -2.17. The first kappa shape index (κ1) is 14.4. The monoisotopic (exact) mass is 251 g/mol. The van der Waals surface area contributed by atoms with Crippen molar-refractivity contribution < 1.29 is 13.9 Å². The van der Waals surface area contributed by atoms with E-state index in [1.807, 2.05) is 11.9 Å². The number of carbonyl (C=O) groups is 1. The summed E-state index contributed by atoms with van der Waals surface area (Å²) >= 11 is 0. The van der Waals surface area contributed by atoms with Crippen LogP contribution in [0.4, 0.5) is 4.39 Å². The summed E-state index contributed by atoms with van der Waals surface area (Å²) in [5.41, 5.74) is 1.03. The van der Waals surface area contributed by atoms with Crippen LogP contribution in [0.2, 0.25) is 0 Å². The lowest BCUT2D eigenvalue weighted by Gasteiger charge is -2.14. The molecule has 98 valence electrons. The average Bonchev–Trinajstić information content (AvgIpc) is 2.32. The molecule has 0 heterocycles. The predicted molar refractivity (Wildman–Crippen MR) is 68.5 cm³/mol. The van der Waals surface area contributed by atoms with Crippen molar-refractivity contribution in [1.29, 1.82) is 0 Å². The Balaban J connectivity index is 2.35. The summed E-state index contributed by atoms with van der Waals surface area (Å²) in [6.07, 6.45) is 3.17. The fourth-order valence-corrected chi connectivity index (χ4v) is 1.49. The second kappa shape index (κ2) is 7.61. The fourth-order valence-electron chi connectivity index (χ4n) is 1.49. The number of hydrogen-bond donors (Lipinski definition) is 0. The molecule has 1 aromatic carbocycles. The molecule has 0 bridgehead atoms. The van der Waals surface area contributed by atoms with Crippen molar-refractivity contribution in [2.75, 3.05) is 20.2 Å². The zero-order valence-corrected chi connectivity index (χ0v) is 10.7. The molecule has 0 spiro atoms. The molecule has 0 aliphatic rings. The van der Waals surface area contributed by atoms with Gasteiger partial charge in [-0.25, -0.2) is 9.18 Å². The fraction of sp³-hybridized carbons (Fsp3) is 0.357. The molecule has 0 atom stereocenters. The molecule has 1 aromatic rings. The second-order valence-corrected chi connectivity index (χ2v) is 3.98. The molecule has 1 rings (SSSR count). The van der Waals surface area contributed by atoms with Crippen LogP contribution in [0.15, 0.2) is 36.4 Å².